The number of nitriles is 1. The molecule has 21 heavy (non-hydrogen) atoms. The van der Waals surface area contributed by atoms with Gasteiger partial charge in [0.1, 0.15) is 12.2 Å². The van der Waals surface area contributed by atoms with Crippen molar-refractivity contribution in [2.24, 2.45) is 0 Å². The molecule has 0 amide bonds. The summed E-state index contributed by atoms with van der Waals surface area (Å²) in [5, 5.41) is 9.01. The van der Waals surface area contributed by atoms with Crippen LogP contribution in [0.2, 0.25) is 0 Å². The molecule has 2 atom stereocenters. The van der Waals surface area contributed by atoms with Gasteiger partial charge in [0.2, 0.25) is 0 Å². The Morgan fingerprint density at radius 2 is 2.33 bits per heavy atom. The van der Waals surface area contributed by atoms with Crippen molar-refractivity contribution in [1.29, 1.82) is 5.26 Å². The van der Waals surface area contributed by atoms with Gasteiger partial charge >= 0.3 is 0 Å². The van der Waals surface area contributed by atoms with E-state index in [4.69, 9.17) is 19.5 Å². The highest BCUT2D eigenvalue weighted by Gasteiger charge is 2.30. The first-order chi connectivity index (χ1) is 10.2. The van der Waals surface area contributed by atoms with Gasteiger partial charge in [-0.15, -0.1) is 0 Å². The Hall–Kier alpha value is -0.910. The number of fused-ring (bicyclic) bond motifs is 1. The Bertz CT molecular complexity index is 581. The minimum atomic E-state index is -0.443. The zero-order chi connectivity index (χ0) is 14.8. The lowest BCUT2D eigenvalue weighted by atomic mass is 10.1. The summed E-state index contributed by atoms with van der Waals surface area (Å²) >= 11 is 1.83. The number of benzene rings is 1. The summed E-state index contributed by atoms with van der Waals surface area (Å²) in [4.78, 5) is 0. The lowest BCUT2D eigenvalue weighted by Gasteiger charge is -2.24. The maximum Gasteiger partial charge on any atom is 0.179 e. The van der Waals surface area contributed by atoms with E-state index in [1.54, 1.807) is 6.07 Å². The van der Waals surface area contributed by atoms with Gasteiger partial charge in [0.25, 0.3) is 0 Å². The predicted octanol–water partition coefficient (Wildman–Crippen LogP) is 3.15. The summed E-state index contributed by atoms with van der Waals surface area (Å²) in [6.45, 7) is 1.10. The molecule has 2 heterocycles. The molecule has 1 fully saturated rings. The van der Waals surface area contributed by atoms with Crippen molar-refractivity contribution in [3.8, 4) is 11.8 Å². The van der Waals surface area contributed by atoms with Crippen LogP contribution in [-0.2, 0) is 15.9 Å². The first-order valence-electron chi connectivity index (χ1n) is 7.00. The van der Waals surface area contributed by atoms with Crippen LogP contribution >= 0.6 is 22.6 Å². The number of nitrogens with zero attached hydrogens (tertiary/aromatic N) is 1. The van der Waals surface area contributed by atoms with Gasteiger partial charge in [-0.1, -0.05) is 0 Å². The highest BCUT2D eigenvalue weighted by Crippen LogP contribution is 2.36. The average Bonchev–Trinajstić information content (AvgIpc) is 2.93. The van der Waals surface area contributed by atoms with Crippen LogP contribution in [0, 0.1) is 20.7 Å². The Kier molecular flexibility index (Phi) is 4.62. The first kappa shape index (κ1) is 15.0. The van der Waals surface area contributed by atoms with Crippen molar-refractivity contribution in [3.05, 3.63) is 26.6 Å². The Labute approximate surface area is 136 Å². The molecule has 4 nitrogen and oxygen atoms in total. The largest absolute Gasteiger partial charge is 0.484 e. The number of hydrogen-bond acceptors (Lipinski definition) is 4. The fourth-order valence-electron chi connectivity index (χ4n) is 2.63. The van der Waals surface area contributed by atoms with Crippen molar-refractivity contribution < 1.29 is 18.6 Å². The van der Waals surface area contributed by atoms with E-state index < -0.39 is 5.82 Å². The van der Waals surface area contributed by atoms with Crippen LogP contribution in [0.1, 0.15) is 30.4 Å². The molecule has 112 valence electrons. The Morgan fingerprint density at radius 3 is 3.05 bits per heavy atom. The van der Waals surface area contributed by atoms with Crippen LogP contribution in [0.5, 0.6) is 5.75 Å². The highest BCUT2D eigenvalue weighted by atomic mass is 127. The quantitative estimate of drug-likeness (QED) is 0.728. The molecule has 2 aliphatic rings. The zero-order valence-electron chi connectivity index (χ0n) is 11.4. The summed E-state index contributed by atoms with van der Waals surface area (Å²) in [5.41, 5.74) is 1.09. The van der Waals surface area contributed by atoms with E-state index in [0.29, 0.717) is 22.2 Å². The van der Waals surface area contributed by atoms with Crippen LogP contribution in [0.3, 0.4) is 0 Å². The molecule has 1 aromatic carbocycles. The third-order valence-electron chi connectivity index (χ3n) is 3.70. The molecule has 2 unspecified atom stereocenters. The first-order valence-corrected chi connectivity index (χ1v) is 8.07. The van der Waals surface area contributed by atoms with Crippen LogP contribution < -0.4 is 4.74 Å². The fraction of sp³-hybridized carbons (Fsp3) is 0.533. The number of halogens is 2. The minimum absolute atomic E-state index is 0.175. The summed E-state index contributed by atoms with van der Waals surface area (Å²) in [5.74, 6) is -0.183. The van der Waals surface area contributed by atoms with E-state index in [0.717, 1.165) is 31.4 Å². The average molecular weight is 403 g/mol. The van der Waals surface area contributed by atoms with Crippen LogP contribution in [-0.4, -0.2) is 25.6 Å². The smallest absolute Gasteiger partial charge is 0.179 e. The van der Waals surface area contributed by atoms with Crippen molar-refractivity contribution in [1.82, 2.24) is 0 Å². The lowest BCUT2D eigenvalue weighted by Crippen LogP contribution is -2.28. The van der Waals surface area contributed by atoms with E-state index in [1.807, 2.05) is 28.7 Å². The van der Waals surface area contributed by atoms with Gasteiger partial charge in [0.05, 0.1) is 15.7 Å². The van der Waals surface area contributed by atoms with Gasteiger partial charge in [-0.05, 0) is 47.9 Å². The van der Waals surface area contributed by atoms with Gasteiger partial charge in [-0.25, -0.2) is 4.39 Å². The number of hydrogen-bond donors (Lipinski definition) is 0. The van der Waals surface area contributed by atoms with Crippen LogP contribution in [0.4, 0.5) is 4.39 Å². The molecular formula is C15H15FINO3. The molecule has 2 aliphatic heterocycles. The minimum Gasteiger partial charge on any atom is -0.484 e. The zero-order valence-corrected chi connectivity index (χ0v) is 13.6. The van der Waals surface area contributed by atoms with Crippen molar-refractivity contribution in [2.45, 2.75) is 38.1 Å². The third-order valence-corrected chi connectivity index (χ3v) is 4.75. The Balaban J connectivity index is 1.64. The standard InChI is InChI=1S/C15H15FINO3/c16-13-14(17)10(7-18)5-9-6-11(21-15(9)13)8-20-12-3-1-2-4-19-12/h5,11-12H,1-4,6,8H2. The van der Waals surface area contributed by atoms with Gasteiger partial charge < -0.3 is 14.2 Å². The molecule has 0 saturated carbocycles. The monoisotopic (exact) mass is 403 g/mol. The number of ether oxygens (including phenoxy) is 3. The van der Waals surface area contributed by atoms with Gasteiger partial charge in [-0.2, -0.15) is 5.26 Å². The second kappa shape index (κ2) is 6.46. The molecule has 1 saturated heterocycles. The number of rotatable bonds is 3. The van der Waals surface area contributed by atoms with E-state index in [-0.39, 0.29) is 18.1 Å². The van der Waals surface area contributed by atoms with Crippen LogP contribution in [0.15, 0.2) is 6.07 Å². The molecule has 3 rings (SSSR count). The van der Waals surface area contributed by atoms with Crippen molar-refractivity contribution in [3.63, 3.8) is 0 Å². The van der Waals surface area contributed by atoms with Gasteiger partial charge in [-0.3, -0.25) is 0 Å². The summed E-state index contributed by atoms with van der Waals surface area (Å²) in [7, 11) is 0. The van der Waals surface area contributed by atoms with Crippen LogP contribution in [0.25, 0.3) is 0 Å². The van der Waals surface area contributed by atoms with Gasteiger partial charge in [0.15, 0.2) is 17.9 Å². The van der Waals surface area contributed by atoms with Crippen molar-refractivity contribution in [2.75, 3.05) is 13.2 Å². The topological polar surface area (TPSA) is 51.5 Å². The summed E-state index contributed by atoms with van der Waals surface area (Å²) in [6, 6.07) is 3.72. The molecular weight excluding hydrogens is 388 g/mol. The lowest BCUT2D eigenvalue weighted by molar-refractivity contribution is -0.172. The third kappa shape index (κ3) is 3.15. The molecule has 1 aromatic rings. The second-order valence-electron chi connectivity index (χ2n) is 5.23. The van der Waals surface area contributed by atoms with Crippen molar-refractivity contribution >= 4 is 22.6 Å². The normalized spacial score (nSPS) is 24.2. The second-order valence-corrected chi connectivity index (χ2v) is 6.30. The Morgan fingerprint density at radius 1 is 1.48 bits per heavy atom. The summed E-state index contributed by atoms with van der Waals surface area (Å²) in [6.07, 6.45) is 3.24. The fourth-order valence-corrected chi connectivity index (χ4v) is 3.15. The molecule has 0 bridgehead atoms. The maximum absolute atomic E-state index is 14.2. The van der Waals surface area contributed by atoms with Gasteiger partial charge in [0, 0.05) is 18.6 Å². The molecule has 0 radical (unpaired) electrons. The van der Waals surface area contributed by atoms with E-state index in [9.17, 15) is 4.39 Å². The predicted molar refractivity (Wildman–Crippen MR) is 81.5 cm³/mol. The summed E-state index contributed by atoms with van der Waals surface area (Å²) < 4.78 is 31.3. The van der Waals surface area contributed by atoms with E-state index in [2.05, 4.69) is 0 Å². The molecule has 0 spiro atoms. The molecule has 0 N–H and O–H groups in total. The van der Waals surface area contributed by atoms with E-state index >= 15 is 0 Å². The van der Waals surface area contributed by atoms with E-state index in [1.165, 1.54) is 0 Å². The maximum atomic E-state index is 14.2. The molecule has 0 aliphatic carbocycles. The highest BCUT2D eigenvalue weighted by molar-refractivity contribution is 14.1. The SMILES string of the molecule is N#Cc1cc2c(c(F)c1I)OC(COC1CCCCO1)C2. The molecule has 0 aromatic heterocycles. The molecule has 6 heteroatoms.